The third-order valence-corrected chi connectivity index (χ3v) is 5.79. The van der Waals surface area contributed by atoms with E-state index in [4.69, 9.17) is 25.6 Å². The van der Waals surface area contributed by atoms with Crippen LogP contribution in [0.5, 0.6) is 11.5 Å². The Morgan fingerprint density at radius 2 is 1.90 bits per heavy atom. The Morgan fingerprint density at radius 3 is 2.59 bits per heavy atom. The molecule has 8 heteroatoms. The molecule has 1 N–H and O–H groups in total. The first-order valence-electron chi connectivity index (χ1n) is 9.17. The molecular formula is C21H19ClN2O4S. The number of nitrogens with one attached hydrogen (secondary N) is 1. The van der Waals surface area contributed by atoms with Gasteiger partial charge < -0.3 is 19.3 Å². The summed E-state index contributed by atoms with van der Waals surface area (Å²) in [5.74, 6) is 1.18. The molecule has 2 heterocycles. The molecule has 1 amide bonds. The summed E-state index contributed by atoms with van der Waals surface area (Å²) in [6, 6.07) is 13.7. The molecule has 0 spiro atoms. The summed E-state index contributed by atoms with van der Waals surface area (Å²) in [4.78, 5) is 14.6. The van der Waals surface area contributed by atoms with Crippen LogP contribution in [-0.2, 0) is 11.2 Å². The highest BCUT2D eigenvalue weighted by molar-refractivity contribution is 7.99. The standard InChI is InChI=1S/C21H19ClN2O4S/c1-13-15(21(22)28-24-13)7-8-20(25)23-16-11-17-18(27-10-9-26-17)12-19(16)29-14-5-3-2-4-6-14/h2-6,11-12H,7-10H2,1H3,(H,23,25). The monoisotopic (exact) mass is 430 g/mol. The summed E-state index contributed by atoms with van der Waals surface area (Å²) < 4.78 is 16.3. The SMILES string of the molecule is Cc1noc(Cl)c1CCC(=O)Nc1cc2c(cc1Sc1ccccc1)OCCO2. The largest absolute Gasteiger partial charge is 0.486 e. The fourth-order valence-electron chi connectivity index (χ4n) is 2.96. The van der Waals surface area contributed by atoms with Gasteiger partial charge in [0.05, 0.1) is 11.4 Å². The lowest BCUT2D eigenvalue weighted by Crippen LogP contribution is -2.17. The van der Waals surface area contributed by atoms with Gasteiger partial charge in [0.2, 0.25) is 11.1 Å². The average molecular weight is 431 g/mol. The van der Waals surface area contributed by atoms with E-state index in [1.54, 1.807) is 18.7 Å². The molecule has 0 radical (unpaired) electrons. The van der Waals surface area contributed by atoms with Crippen molar-refractivity contribution >= 4 is 35.0 Å². The van der Waals surface area contributed by atoms with Gasteiger partial charge in [-0.2, -0.15) is 0 Å². The molecule has 0 saturated heterocycles. The molecule has 3 aromatic rings. The Hall–Kier alpha value is -2.64. The Labute approximate surface area is 177 Å². The van der Waals surface area contributed by atoms with E-state index in [1.807, 2.05) is 42.5 Å². The fourth-order valence-corrected chi connectivity index (χ4v) is 4.16. The number of hydrogen-bond acceptors (Lipinski definition) is 6. The van der Waals surface area contributed by atoms with E-state index in [0.717, 1.165) is 15.4 Å². The van der Waals surface area contributed by atoms with E-state index in [-0.39, 0.29) is 17.5 Å². The zero-order chi connectivity index (χ0) is 20.2. The minimum atomic E-state index is -0.131. The molecule has 4 rings (SSSR count). The lowest BCUT2D eigenvalue weighted by molar-refractivity contribution is -0.116. The zero-order valence-electron chi connectivity index (χ0n) is 15.7. The summed E-state index contributed by atoms with van der Waals surface area (Å²) in [5, 5.41) is 7.04. The van der Waals surface area contributed by atoms with Crippen molar-refractivity contribution in [1.29, 1.82) is 0 Å². The van der Waals surface area contributed by atoms with Crippen LogP contribution in [0.4, 0.5) is 5.69 Å². The molecule has 0 bridgehead atoms. The summed E-state index contributed by atoms with van der Waals surface area (Å²) in [7, 11) is 0. The highest BCUT2D eigenvalue weighted by Gasteiger charge is 2.19. The van der Waals surface area contributed by atoms with E-state index >= 15 is 0 Å². The van der Waals surface area contributed by atoms with Crippen LogP contribution in [0, 0.1) is 6.92 Å². The minimum Gasteiger partial charge on any atom is -0.486 e. The van der Waals surface area contributed by atoms with E-state index in [2.05, 4.69) is 10.5 Å². The number of aromatic nitrogens is 1. The second-order valence-electron chi connectivity index (χ2n) is 6.48. The summed E-state index contributed by atoms with van der Waals surface area (Å²) in [5.41, 5.74) is 2.13. The van der Waals surface area contributed by atoms with Crippen molar-refractivity contribution in [3.8, 4) is 11.5 Å². The Balaban J connectivity index is 1.53. The van der Waals surface area contributed by atoms with Gasteiger partial charge in [-0.1, -0.05) is 35.1 Å². The first kappa shape index (κ1) is 19.7. The maximum absolute atomic E-state index is 12.6. The van der Waals surface area contributed by atoms with Gasteiger partial charge >= 0.3 is 0 Å². The number of carbonyl (C=O) groups is 1. The van der Waals surface area contributed by atoms with Crippen LogP contribution in [0.15, 0.2) is 56.8 Å². The number of nitrogens with zero attached hydrogens (tertiary/aromatic N) is 1. The van der Waals surface area contributed by atoms with Crippen LogP contribution in [0.3, 0.4) is 0 Å². The molecule has 1 aromatic heterocycles. The van der Waals surface area contributed by atoms with Gasteiger partial charge in [-0.15, -0.1) is 0 Å². The van der Waals surface area contributed by atoms with Gasteiger partial charge in [-0.3, -0.25) is 4.79 Å². The number of rotatable bonds is 6. The molecule has 0 aliphatic carbocycles. The lowest BCUT2D eigenvalue weighted by atomic mass is 10.1. The number of anilines is 1. The number of fused-ring (bicyclic) bond motifs is 1. The molecule has 0 unspecified atom stereocenters. The van der Waals surface area contributed by atoms with Crippen molar-refractivity contribution in [3.63, 3.8) is 0 Å². The van der Waals surface area contributed by atoms with Gasteiger partial charge in [-0.05, 0) is 37.1 Å². The molecule has 150 valence electrons. The van der Waals surface area contributed by atoms with Crippen LogP contribution < -0.4 is 14.8 Å². The molecule has 0 fully saturated rings. The Morgan fingerprint density at radius 1 is 1.17 bits per heavy atom. The van der Waals surface area contributed by atoms with Gasteiger partial charge in [0, 0.05) is 33.9 Å². The molecule has 1 aliphatic rings. The van der Waals surface area contributed by atoms with Crippen LogP contribution in [0.2, 0.25) is 5.22 Å². The molecule has 0 atom stereocenters. The van der Waals surface area contributed by atoms with E-state index < -0.39 is 0 Å². The number of hydrogen-bond donors (Lipinski definition) is 1. The Bertz CT molecular complexity index is 1000. The number of amides is 1. The highest BCUT2D eigenvalue weighted by Crippen LogP contribution is 2.42. The van der Waals surface area contributed by atoms with Crippen molar-refractivity contribution in [1.82, 2.24) is 5.16 Å². The summed E-state index contributed by atoms with van der Waals surface area (Å²) in [6.07, 6.45) is 0.706. The second-order valence-corrected chi connectivity index (χ2v) is 7.93. The van der Waals surface area contributed by atoms with Gasteiger partial charge in [0.25, 0.3) is 0 Å². The van der Waals surface area contributed by atoms with Gasteiger partial charge in [0.1, 0.15) is 13.2 Å². The molecule has 2 aromatic carbocycles. The van der Waals surface area contributed by atoms with Crippen LogP contribution in [0.25, 0.3) is 0 Å². The van der Waals surface area contributed by atoms with Gasteiger partial charge in [-0.25, -0.2) is 0 Å². The normalized spacial score (nSPS) is 12.6. The van der Waals surface area contributed by atoms with Crippen molar-refractivity contribution in [2.75, 3.05) is 18.5 Å². The van der Waals surface area contributed by atoms with Crippen LogP contribution in [0.1, 0.15) is 17.7 Å². The Kier molecular flexibility index (Phi) is 5.97. The van der Waals surface area contributed by atoms with Crippen LogP contribution in [-0.4, -0.2) is 24.3 Å². The summed E-state index contributed by atoms with van der Waals surface area (Å²) in [6.45, 7) is 2.79. The first-order chi connectivity index (χ1) is 14.1. The van der Waals surface area contributed by atoms with Crippen molar-refractivity contribution in [2.45, 2.75) is 29.6 Å². The molecule has 29 heavy (non-hydrogen) atoms. The maximum Gasteiger partial charge on any atom is 0.229 e. The third kappa shape index (κ3) is 4.68. The predicted molar refractivity (Wildman–Crippen MR) is 111 cm³/mol. The quantitative estimate of drug-likeness (QED) is 0.584. The highest BCUT2D eigenvalue weighted by atomic mass is 35.5. The zero-order valence-corrected chi connectivity index (χ0v) is 17.3. The van der Waals surface area contributed by atoms with E-state index in [0.29, 0.717) is 42.5 Å². The molecule has 6 nitrogen and oxygen atoms in total. The number of carbonyl (C=O) groups excluding carboxylic acids is 1. The van der Waals surface area contributed by atoms with Crippen molar-refractivity contribution < 1.29 is 18.8 Å². The minimum absolute atomic E-state index is 0.131. The smallest absolute Gasteiger partial charge is 0.229 e. The number of halogens is 1. The van der Waals surface area contributed by atoms with E-state index in [9.17, 15) is 4.79 Å². The molecule has 1 aliphatic heterocycles. The maximum atomic E-state index is 12.6. The first-order valence-corrected chi connectivity index (χ1v) is 10.4. The van der Waals surface area contributed by atoms with Gasteiger partial charge in [0.15, 0.2) is 11.5 Å². The topological polar surface area (TPSA) is 73.6 Å². The third-order valence-electron chi connectivity index (χ3n) is 4.43. The molecular weight excluding hydrogens is 412 g/mol. The predicted octanol–water partition coefficient (Wildman–Crippen LogP) is 5.13. The number of aryl methyl sites for hydroxylation is 1. The van der Waals surface area contributed by atoms with E-state index in [1.165, 1.54) is 0 Å². The fraction of sp³-hybridized carbons (Fsp3) is 0.238. The lowest BCUT2D eigenvalue weighted by Gasteiger charge is -2.21. The average Bonchev–Trinajstić information content (AvgIpc) is 3.05. The number of benzene rings is 2. The van der Waals surface area contributed by atoms with Crippen molar-refractivity contribution in [3.05, 3.63) is 58.9 Å². The number of ether oxygens (including phenoxy) is 2. The summed E-state index contributed by atoms with van der Waals surface area (Å²) >= 11 is 7.54. The second kappa shape index (κ2) is 8.80. The van der Waals surface area contributed by atoms with Crippen LogP contribution >= 0.6 is 23.4 Å². The van der Waals surface area contributed by atoms with Crippen molar-refractivity contribution in [2.24, 2.45) is 0 Å². The molecule has 0 saturated carbocycles.